The molecular weight excluding hydrogens is 355 g/mol. The molecule has 1 nitrogen and oxygen atoms in total. The van der Waals surface area contributed by atoms with Gasteiger partial charge in [-0.2, -0.15) is 0 Å². The van der Waals surface area contributed by atoms with Crippen molar-refractivity contribution in [3.8, 4) is 0 Å². The second-order valence-electron chi connectivity index (χ2n) is 4.42. The van der Waals surface area contributed by atoms with Crippen molar-refractivity contribution in [3.63, 3.8) is 0 Å². The second-order valence-corrected chi connectivity index (χ2v) is 7.35. The molecule has 0 saturated heterocycles. The fourth-order valence-electron chi connectivity index (χ4n) is 1.95. The number of halogens is 4. The van der Waals surface area contributed by atoms with E-state index in [1.54, 1.807) is 0 Å². The SMILES string of the molecule is C[SiH](C)C1=C(Nc2c(F)cccc2F)CC=C1.[Cl-].[Cl-].[Ti+2]. The number of allylic oxidation sites excluding steroid dienone is 3. The Hall–Kier alpha value is -0.129. The fraction of sp³-hybridized carbons (Fsp3) is 0.231. The third-order valence-corrected chi connectivity index (χ3v) is 4.61. The first-order chi connectivity index (χ1) is 8.09. The van der Waals surface area contributed by atoms with Crippen molar-refractivity contribution in [1.82, 2.24) is 0 Å². The summed E-state index contributed by atoms with van der Waals surface area (Å²) in [5.41, 5.74) is 0.897. The molecule has 108 valence electrons. The summed E-state index contributed by atoms with van der Waals surface area (Å²) in [6.45, 7) is 4.40. The van der Waals surface area contributed by atoms with E-state index in [4.69, 9.17) is 0 Å². The van der Waals surface area contributed by atoms with Gasteiger partial charge in [0.25, 0.3) is 0 Å². The zero-order valence-electron chi connectivity index (χ0n) is 11.2. The molecule has 0 unspecified atom stereocenters. The third kappa shape index (κ3) is 5.01. The Kier molecular flexibility index (Phi) is 10.8. The van der Waals surface area contributed by atoms with Gasteiger partial charge in [0.2, 0.25) is 0 Å². The zero-order chi connectivity index (χ0) is 12.4. The first-order valence-electron chi connectivity index (χ1n) is 5.70. The molecule has 0 spiro atoms. The van der Waals surface area contributed by atoms with Crippen LogP contribution in [0, 0.1) is 11.6 Å². The van der Waals surface area contributed by atoms with Crippen LogP contribution in [0.25, 0.3) is 0 Å². The minimum atomic E-state index is -0.968. The van der Waals surface area contributed by atoms with Crippen LogP contribution < -0.4 is 30.1 Å². The van der Waals surface area contributed by atoms with Crippen molar-refractivity contribution in [3.05, 3.63) is 52.9 Å². The second kappa shape index (κ2) is 9.74. The molecule has 0 fully saturated rings. The quantitative estimate of drug-likeness (QED) is 0.587. The molecule has 7 heteroatoms. The van der Waals surface area contributed by atoms with Gasteiger partial charge < -0.3 is 30.1 Å². The smallest absolute Gasteiger partial charge is 1.00 e. The van der Waals surface area contributed by atoms with Gasteiger partial charge in [-0.15, -0.1) is 0 Å². The van der Waals surface area contributed by atoms with E-state index in [0.29, 0.717) is 0 Å². The molecule has 0 aromatic heterocycles. The first kappa shape index (κ1) is 22.2. The Morgan fingerprint density at radius 1 is 1.10 bits per heavy atom. The standard InChI is InChI=1S/C13H15F2NSi.2ClH.Ti/c1-17(2)12-8-4-7-11(12)16-13-9(14)5-3-6-10(13)15;;;/h3-6,8,16-17H,7H2,1-2H3;2*1H;/q;;;+2/p-2. The summed E-state index contributed by atoms with van der Waals surface area (Å²) >= 11 is 0. The summed E-state index contributed by atoms with van der Waals surface area (Å²) in [7, 11) is -0.968. The van der Waals surface area contributed by atoms with Crippen LogP contribution >= 0.6 is 0 Å². The van der Waals surface area contributed by atoms with Crippen molar-refractivity contribution in [1.29, 1.82) is 0 Å². The molecule has 1 aliphatic rings. The number of hydrogen-bond acceptors (Lipinski definition) is 1. The molecule has 1 aromatic rings. The Bertz CT molecular complexity index is 487. The van der Waals surface area contributed by atoms with E-state index in [2.05, 4.69) is 24.5 Å². The number of benzene rings is 1. The first-order valence-corrected chi connectivity index (χ1v) is 8.59. The van der Waals surface area contributed by atoms with Crippen LogP contribution in [-0.4, -0.2) is 8.80 Å². The van der Waals surface area contributed by atoms with E-state index in [0.717, 1.165) is 12.1 Å². The molecule has 2 rings (SSSR count). The van der Waals surface area contributed by atoms with Crippen molar-refractivity contribution in [2.45, 2.75) is 19.5 Å². The van der Waals surface area contributed by atoms with Gasteiger partial charge in [0, 0.05) is 12.1 Å². The number of anilines is 1. The number of nitrogens with one attached hydrogen (secondary N) is 1. The number of para-hydroxylation sites is 1. The van der Waals surface area contributed by atoms with Gasteiger partial charge >= 0.3 is 21.7 Å². The maximum atomic E-state index is 13.5. The largest absolute Gasteiger partial charge is 2.00 e. The molecular formula is C13H15Cl2F2NSiTi. The Labute approximate surface area is 147 Å². The molecule has 0 saturated carbocycles. The van der Waals surface area contributed by atoms with Crippen LogP contribution in [-0.2, 0) is 21.7 Å². The van der Waals surface area contributed by atoms with E-state index in [1.807, 2.05) is 6.08 Å². The van der Waals surface area contributed by atoms with Gasteiger partial charge in [-0.25, -0.2) is 8.78 Å². The van der Waals surface area contributed by atoms with Crippen molar-refractivity contribution >= 4 is 14.5 Å². The van der Waals surface area contributed by atoms with E-state index in [9.17, 15) is 8.78 Å². The minimum Gasteiger partial charge on any atom is -1.00 e. The fourth-order valence-corrected chi connectivity index (χ4v) is 3.36. The van der Waals surface area contributed by atoms with Gasteiger partial charge in [-0.05, 0) is 17.3 Å². The predicted octanol–water partition coefficient (Wildman–Crippen LogP) is -2.38. The van der Waals surface area contributed by atoms with Crippen LogP contribution in [0.5, 0.6) is 0 Å². The topological polar surface area (TPSA) is 12.0 Å². The van der Waals surface area contributed by atoms with Gasteiger partial charge in [-0.1, -0.05) is 31.3 Å². The average molecular weight is 370 g/mol. The average Bonchev–Trinajstić information content (AvgIpc) is 2.72. The summed E-state index contributed by atoms with van der Waals surface area (Å²) in [5, 5.41) is 4.15. The summed E-state index contributed by atoms with van der Waals surface area (Å²) in [6.07, 6.45) is 4.83. The van der Waals surface area contributed by atoms with Gasteiger partial charge in [0.05, 0.1) is 8.80 Å². The van der Waals surface area contributed by atoms with Crippen LogP contribution in [0.2, 0.25) is 13.1 Å². The molecule has 0 aliphatic heterocycles. The van der Waals surface area contributed by atoms with Gasteiger partial charge in [-0.3, -0.25) is 0 Å². The van der Waals surface area contributed by atoms with Crippen LogP contribution in [0.3, 0.4) is 0 Å². The maximum Gasteiger partial charge on any atom is 2.00 e. The molecule has 1 aromatic carbocycles. The van der Waals surface area contributed by atoms with Crippen LogP contribution in [0.1, 0.15) is 6.42 Å². The van der Waals surface area contributed by atoms with Crippen LogP contribution in [0.15, 0.2) is 41.2 Å². The molecule has 0 radical (unpaired) electrons. The van der Waals surface area contributed by atoms with E-state index >= 15 is 0 Å². The van der Waals surface area contributed by atoms with Gasteiger partial charge in [0.15, 0.2) is 0 Å². The molecule has 0 bridgehead atoms. The minimum absolute atomic E-state index is 0. The normalized spacial score (nSPS) is 12.7. The van der Waals surface area contributed by atoms with E-state index < -0.39 is 20.4 Å². The van der Waals surface area contributed by atoms with Crippen LogP contribution in [0.4, 0.5) is 14.5 Å². The van der Waals surface area contributed by atoms with E-state index in [-0.39, 0.29) is 52.2 Å². The summed E-state index contributed by atoms with van der Waals surface area (Å²) in [5.74, 6) is -1.09. The zero-order valence-corrected chi connectivity index (χ0v) is 15.4. The van der Waals surface area contributed by atoms with Crippen molar-refractivity contribution < 1.29 is 55.3 Å². The molecule has 0 heterocycles. The van der Waals surface area contributed by atoms with E-state index in [1.165, 1.54) is 23.4 Å². The van der Waals surface area contributed by atoms with Gasteiger partial charge in [0.1, 0.15) is 17.3 Å². The summed E-state index contributed by atoms with van der Waals surface area (Å²) < 4.78 is 27.0. The number of hydrogen-bond donors (Lipinski definition) is 1. The molecule has 0 amide bonds. The third-order valence-electron chi connectivity index (χ3n) is 2.83. The molecule has 1 N–H and O–H groups in total. The molecule has 20 heavy (non-hydrogen) atoms. The molecule has 1 aliphatic carbocycles. The molecule has 0 atom stereocenters. The Morgan fingerprint density at radius 2 is 1.65 bits per heavy atom. The Morgan fingerprint density at radius 3 is 2.15 bits per heavy atom. The monoisotopic (exact) mass is 369 g/mol. The number of rotatable bonds is 3. The van der Waals surface area contributed by atoms with Crippen molar-refractivity contribution in [2.24, 2.45) is 0 Å². The Balaban J connectivity index is 0. The predicted molar refractivity (Wildman–Crippen MR) is 69.6 cm³/mol. The maximum absolute atomic E-state index is 13.5. The van der Waals surface area contributed by atoms with Crippen molar-refractivity contribution in [2.75, 3.05) is 5.32 Å². The summed E-state index contributed by atoms with van der Waals surface area (Å²) in [6, 6.07) is 3.90. The summed E-state index contributed by atoms with van der Waals surface area (Å²) in [4.78, 5) is 0.